The van der Waals surface area contributed by atoms with Gasteiger partial charge in [-0.15, -0.1) is 0 Å². The average molecular weight is 284 g/mol. The van der Waals surface area contributed by atoms with Crippen molar-refractivity contribution in [3.8, 4) is 5.69 Å². The van der Waals surface area contributed by atoms with E-state index in [4.69, 9.17) is 0 Å². The lowest BCUT2D eigenvalue weighted by Crippen LogP contribution is -2.13. The molecule has 1 aromatic carbocycles. The van der Waals surface area contributed by atoms with Crippen LogP contribution in [0.1, 0.15) is 40.2 Å². The largest absolute Gasteiger partial charge is 0.317 e. The van der Waals surface area contributed by atoms with Crippen LogP contribution in [-0.2, 0) is 6.42 Å². The molecule has 1 aliphatic carbocycles. The van der Waals surface area contributed by atoms with Crippen molar-refractivity contribution < 1.29 is 9.72 Å². The van der Waals surface area contributed by atoms with Gasteiger partial charge in [-0.05, 0) is 38.8 Å². The number of nitro groups is 1. The van der Waals surface area contributed by atoms with E-state index >= 15 is 0 Å². The number of benzene rings is 1. The maximum Gasteiger partial charge on any atom is 0.274 e. The Labute approximate surface area is 122 Å². The number of hydrogen-bond acceptors (Lipinski definition) is 3. The molecule has 2 aromatic rings. The van der Waals surface area contributed by atoms with Gasteiger partial charge in [-0.2, -0.15) is 0 Å². The second kappa shape index (κ2) is 4.84. The van der Waals surface area contributed by atoms with Crippen LogP contribution < -0.4 is 0 Å². The standard InChI is InChI=1S/C16H16N2O3/c1-10-9-12-15(7-4-8-16(12)19)17(10)13-5-3-6-14(11(13)2)18(20)21/h3,5-6,9H,4,7-8H2,1-2H3. The lowest BCUT2D eigenvalue weighted by molar-refractivity contribution is -0.385. The molecule has 0 N–H and O–H groups in total. The summed E-state index contributed by atoms with van der Waals surface area (Å²) in [7, 11) is 0. The number of Topliss-reactive ketones (excluding diaryl/α,β-unsaturated/α-hetero) is 1. The first kappa shape index (κ1) is 13.5. The van der Waals surface area contributed by atoms with Crippen molar-refractivity contribution in [1.82, 2.24) is 4.57 Å². The minimum Gasteiger partial charge on any atom is -0.317 e. The lowest BCUT2D eigenvalue weighted by Gasteiger charge is -2.17. The van der Waals surface area contributed by atoms with Gasteiger partial charge in [0.2, 0.25) is 0 Å². The summed E-state index contributed by atoms with van der Waals surface area (Å²) in [5.41, 5.74) is 4.21. The number of nitro benzene ring substituents is 1. The molecule has 0 spiro atoms. The van der Waals surface area contributed by atoms with Crippen molar-refractivity contribution in [2.24, 2.45) is 0 Å². The zero-order chi connectivity index (χ0) is 15.1. The molecule has 0 saturated carbocycles. The second-order valence-corrected chi connectivity index (χ2v) is 5.44. The summed E-state index contributed by atoms with van der Waals surface area (Å²) in [5.74, 6) is 0.168. The monoisotopic (exact) mass is 284 g/mol. The number of carbonyl (C=O) groups excluding carboxylic acids is 1. The van der Waals surface area contributed by atoms with Crippen LogP contribution in [0.5, 0.6) is 0 Å². The maximum atomic E-state index is 12.0. The van der Waals surface area contributed by atoms with Gasteiger partial charge in [-0.25, -0.2) is 0 Å². The average Bonchev–Trinajstić information content (AvgIpc) is 2.77. The molecule has 21 heavy (non-hydrogen) atoms. The van der Waals surface area contributed by atoms with Crippen molar-refractivity contribution in [2.45, 2.75) is 33.1 Å². The molecule has 5 heteroatoms. The van der Waals surface area contributed by atoms with Gasteiger partial charge in [0.05, 0.1) is 16.2 Å². The van der Waals surface area contributed by atoms with Crippen LogP contribution in [0.3, 0.4) is 0 Å². The van der Waals surface area contributed by atoms with E-state index in [1.54, 1.807) is 13.0 Å². The first-order valence-electron chi connectivity index (χ1n) is 6.99. The van der Waals surface area contributed by atoms with E-state index in [0.717, 1.165) is 35.5 Å². The number of aryl methyl sites for hydroxylation is 1. The van der Waals surface area contributed by atoms with E-state index in [0.29, 0.717) is 12.0 Å². The fraction of sp³-hybridized carbons (Fsp3) is 0.312. The molecule has 0 saturated heterocycles. The van der Waals surface area contributed by atoms with E-state index in [-0.39, 0.29) is 16.4 Å². The molecular weight excluding hydrogens is 268 g/mol. The number of ketones is 1. The molecule has 0 amide bonds. The number of nitrogens with zero attached hydrogens (tertiary/aromatic N) is 2. The Hall–Kier alpha value is -2.43. The molecule has 108 valence electrons. The molecular formula is C16H16N2O3. The highest BCUT2D eigenvalue weighted by Crippen LogP contribution is 2.31. The molecule has 0 fully saturated rings. The number of rotatable bonds is 2. The summed E-state index contributed by atoms with van der Waals surface area (Å²) < 4.78 is 1.99. The Morgan fingerprint density at radius 1 is 1.24 bits per heavy atom. The van der Waals surface area contributed by atoms with Crippen LogP contribution in [0.25, 0.3) is 5.69 Å². The predicted octanol–water partition coefficient (Wildman–Crippen LogP) is 3.52. The normalized spacial score (nSPS) is 14.1. The van der Waals surface area contributed by atoms with E-state index in [1.165, 1.54) is 6.07 Å². The van der Waals surface area contributed by atoms with E-state index < -0.39 is 0 Å². The van der Waals surface area contributed by atoms with Gasteiger partial charge >= 0.3 is 0 Å². The predicted molar refractivity (Wildman–Crippen MR) is 79.2 cm³/mol. The van der Waals surface area contributed by atoms with E-state index in [9.17, 15) is 14.9 Å². The minimum absolute atomic E-state index is 0.108. The summed E-state index contributed by atoms with van der Waals surface area (Å²) in [6.45, 7) is 3.69. The van der Waals surface area contributed by atoms with Crippen LogP contribution in [-0.4, -0.2) is 15.3 Å². The Balaban J connectivity index is 2.25. The highest BCUT2D eigenvalue weighted by Gasteiger charge is 2.25. The fourth-order valence-corrected chi connectivity index (χ4v) is 3.12. The van der Waals surface area contributed by atoms with Crippen LogP contribution >= 0.6 is 0 Å². The van der Waals surface area contributed by atoms with Crippen molar-refractivity contribution in [3.63, 3.8) is 0 Å². The zero-order valence-electron chi connectivity index (χ0n) is 12.0. The van der Waals surface area contributed by atoms with Gasteiger partial charge in [0.25, 0.3) is 5.69 Å². The maximum absolute atomic E-state index is 12.0. The lowest BCUT2D eigenvalue weighted by atomic mass is 9.96. The molecule has 0 bridgehead atoms. The summed E-state index contributed by atoms with van der Waals surface area (Å²) in [6, 6.07) is 6.97. The summed E-state index contributed by atoms with van der Waals surface area (Å²) in [6.07, 6.45) is 2.25. The topological polar surface area (TPSA) is 65.1 Å². The second-order valence-electron chi connectivity index (χ2n) is 5.44. The molecule has 1 heterocycles. The third-order valence-corrected chi connectivity index (χ3v) is 4.12. The third-order valence-electron chi connectivity index (χ3n) is 4.12. The molecule has 0 radical (unpaired) electrons. The highest BCUT2D eigenvalue weighted by atomic mass is 16.6. The van der Waals surface area contributed by atoms with E-state index in [1.807, 2.05) is 23.6 Å². The molecule has 5 nitrogen and oxygen atoms in total. The quantitative estimate of drug-likeness (QED) is 0.626. The number of hydrogen-bond donors (Lipinski definition) is 0. The van der Waals surface area contributed by atoms with Crippen LogP contribution in [0.4, 0.5) is 5.69 Å². The zero-order valence-corrected chi connectivity index (χ0v) is 12.0. The minimum atomic E-state index is -0.366. The van der Waals surface area contributed by atoms with Crippen LogP contribution in [0.15, 0.2) is 24.3 Å². The Bertz CT molecular complexity index is 759. The van der Waals surface area contributed by atoms with Crippen molar-refractivity contribution in [2.75, 3.05) is 0 Å². The third kappa shape index (κ3) is 2.05. The summed E-state index contributed by atoms with van der Waals surface area (Å²) in [4.78, 5) is 22.8. The molecule has 1 aliphatic rings. The Morgan fingerprint density at radius 2 is 2.00 bits per heavy atom. The number of fused-ring (bicyclic) bond motifs is 1. The van der Waals surface area contributed by atoms with Gasteiger partial charge < -0.3 is 4.57 Å². The number of carbonyl (C=O) groups is 1. The Kier molecular flexibility index (Phi) is 3.12. The number of aromatic nitrogens is 1. The van der Waals surface area contributed by atoms with E-state index in [2.05, 4.69) is 0 Å². The van der Waals surface area contributed by atoms with Gasteiger partial charge in [0.1, 0.15) is 0 Å². The van der Waals surface area contributed by atoms with Gasteiger partial charge in [-0.3, -0.25) is 14.9 Å². The summed E-state index contributed by atoms with van der Waals surface area (Å²) in [5, 5.41) is 11.1. The summed E-state index contributed by atoms with van der Waals surface area (Å²) >= 11 is 0. The Morgan fingerprint density at radius 3 is 2.71 bits per heavy atom. The van der Waals surface area contributed by atoms with Crippen molar-refractivity contribution in [3.05, 3.63) is 56.9 Å². The van der Waals surface area contributed by atoms with Gasteiger partial charge in [0.15, 0.2) is 5.78 Å². The molecule has 0 unspecified atom stereocenters. The SMILES string of the molecule is Cc1c(-n2c(C)cc3c2CCCC3=O)cccc1[N+](=O)[O-]. The molecule has 3 rings (SSSR count). The van der Waals surface area contributed by atoms with Crippen LogP contribution in [0.2, 0.25) is 0 Å². The van der Waals surface area contributed by atoms with Crippen molar-refractivity contribution in [1.29, 1.82) is 0 Å². The molecule has 0 atom stereocenters. The first-order valence-corrected chi connectivity index (χ1v) is 6.99. The van der Waals surface area contributed by atoms with Gasteiger partial charge in [0, 0.05) is 29.4 Å². The van der Waals surface area contributed by atoms with Crippen molar-refractivity contribution >= 4 is 11.5 Å². The molecule has 0 aliphatic heterocycles. The fourth-order valence-electron chi connectivity index (χ4n) is 3.12. The van der Waals surface area contributed by atoms with Gasteiger partial charge in [-0.1, -0.05) is 6.07 Å². The highest BCUT2D eigenvalue weighted by molar-refractivity contribution is 5.98. The first-order chi connectivity index (χ1) is 10.0. The van der Waals surface area contributed by atoms with Crippen LogP contribution in [0, 0.1) is 24.0 Å². The molecule has 1 aromatic heterocycles. The smallest absolute Gasteiger partial charge is 0.274 e.